The molecule has 0 aliphatic rings. The first kappa shape index (κ1) is 18.9. The van der Waals surface area contributed by atoms with E-state index in [0.717, 1.165) is 17.0 Å². The van der Waals surface area contributed by atoms with Gasteiger partial charge in [0, 0.05) is 12.1 Å². The molecule has 132 valence electrons. The van der Waals surface area contributed by atoms with Crippen molar-refractivity contribution in [2.45, 2.75) is 32.6 Å². The number of carbonyl (C=O) groups is 1. The number of ether oxygens (including phenoxy) is 1. The zero-order valence-corrected chi connectivity index (χ0v) is 15.4. The molecule has 2 rings (SSSR count). The molecule has 0 aliphatic carbocycles. The van der Waals surface area contributed by atoms with Gasteiger partial charge >= 0.3 is 0 Å². The summed E-state index contributed by atoms with van der Waals surface area (Å²) in [5.41, 5.74) is 2.09. The van der Waals surface area contributed by atoms with Gasteiger partial charge in [-0.2, -0.15) is 0 Å². The molecule has 0 bridgehead atoms. The third kappa shape index (κ3) is 6.55. The molecule has 0 saturated carbocycles. The van der Waals surface area contributed by atoms with Crippen LogP contribution in [0.3, 0.4) is 0 Å². The number of amides is 1. The summed E-state index contributed by atoms with van der Waals surface area (Å²) in [6.07, 6.45) is 0.992. The van der Waals surface area contributed by atoms with Gasteiger partial charge in [0.1, 0.15) is 5.75 Å². The first-order valence-electron chi connectivity index (χ1n) is 8.44. The zero-order valence-electron chi connectivity index (χ0n) is 14.6. The Morgan fingerprint density at radius 3 is 2.48 bits per heavy atom. The molecule has 0 heterocycles. The van der Waals surface area contributed by atoms with Crippen molar-refractivity contribution in [1.82, 2.24) is 5.32 Å². The fourth-order valence-electron chi connectivity index (χ4n) is 2.40. The standard InChI is InChI=1S/C20H24N2O2S/c1-15(2)17-11-6-7-12-18(17)21-20(25)22-19(23)13-8-14-24-16-9-4-3-5-10-16/h3-7,9-12,15H,8,13-14H2,1-2H3,(H2,21,22,23,25). The van der Waals surface area contributed by atoms with Crippen LogP contribution in [0.15, 0.2) is 54.6 Å². The molecule has 5 heteroatoms. The van der Waals surface area contributed by atoms with E-state index in [1.165, 1.54) is 0 Å². The third-order valence-corrected chi connectivity index (χ3v) is 3.85. The van der Waals surface area contributed by atoms with Gasteiger partial charge in [-0.05, 0) is 48.3 Å². The molecule has 25 heavy (non-hydrogen) atoms. The fraction of sp³-hybridized carbons (Fsp3) is 0.300. The van der Waals surface area contributed by atoms with Crippen molar-refractivity contribution in [2.24, 2.45) is 0 Å². The molecule has 0 saturated heterocycles. The lowest BCUT2D eigenvalue weighted by Gasteiger charge is -2.15. The van der Waals surface area contributed by atoms with Crippen molar-refractivity contribution in [1.29, 1.82) is 0 Å². The molecule has 2 aromatic rings. The highest BCUT2D eigenvalue weighted by Crippen LogP contribution is 2.23. The van der Waals surface area contributed by atoms with Crippen LogP contribution in [-0.4, -0.2) is 17.6 Å². The minimum Gasteiger partial charge on any atom is -0.494 e. The minimum atomic E-state index is -0.115. The van der Waals surface area contributed by atoms with E-state index in [9.17, 15) is 4.79 Å². The van der Waals surface area contributed by atoms with Crippen LogP contribution in [0.5, 0.6) is 5.75 Å². The summed E-state index contributed by atoms with van der Waals surface area (Å²) in [5.74, 6) is 1.07. The quantitative estimate of drug-likeness (QED) is 0.567. The van der Waals surface area contributed by atoms with E-state index in [-0.39, 0.29) is 5.91 Å². The third-order valence-electron chi connectivity index (χ3n) is 3.64. The SMILES string of the molecule is CC(C)c1ccccc1NC(=S)NC(=O)CCCOc1ccccc1. The Morgan fingerprint density at radius 2 is 1.76 bits per heavy atom. The molecule has 0 unspecified atom stereocenters. The number of hydrogen-bond acceptors (Lipinski definition) is 3. The first-order chi connectivity index (χ1) is 12.1. The molecule has 0 atom stereocenters. The highest BCUT2D eigenvalue weighted by Gasteiger charge is 2.09. The average Bonchev–Trinajstić information content (AvgIpc) is 2.60. The summed E-state index contributed by atoms with van der Waals surface area (Å²) < 4.78 is 5.57. The van der Waals surface area contributed by atoms with Crippen molar-refractivity contribution < 1.29 is 9.53 Å². The number of anilines is 1. The largest absolute Gasteiger partial charge is 0.494 e. The number of para-hydroxylation sites is 2. The van der Waals surface area contributed by atoms with Crippen molar-refractivity contribution in [3.8, 4) is 5.75 Å². The Labute approximate surface area is 154 Å². The number of benzene rings is 2. The lowest BCUT2D eigenvalue weighted by atomic mass is 10.0. The smallest absolute Gasteiger partial charge is 0.226 e. The normalized spacial score (nSPS) is 10.4. The number of thiocarbonyl (C=S) groups is 1. The topological polar surface area (TPSA) is 50.4 Å². The molecule has 2 aromatic carbocycles. The summed E-state index contributed by atoms with van der Waals surface area (Å²) in [7, 11) is 0. The molecular weight excluding hydrogens is 332 g/mol. The van der Waals surface area contributed by atoms with Crippen LogP contribution >= 0.6 is 12.2 Å². The second kappa shape index (κ2) is 9.79. The van der Waals surface area contributed by atoms with Gasteiger partial charge in [-0.15, -0.1) is 0 Å². The van der Waals surface area contributed by atoms with Crippen molar-refractivity contribution in [3.05, 3.63) is 60.2 Å². The number of nitrogens with one attached hydrogen (secondary N) is 2. The summed E-state index contributed by atoms with van der Waals surface area (Å²) in [4.78, 5) is 12.0. The van der Waals surface area contributed by atoms with Crippen LogP contribution in [0.25, 0.3) is 0 Å². The van der Waals surface area contributed by atoms with Gasteiger partial charge in [-0.1, -0.05) is 50.2 Å². The van der Waals surface area contributed by atoms with Gasteiger partial charge in [0.15, 0.2) is 5.11 Å². The van der Waals surface area contributed by atoms with Gasteiger partial charge < -0.3 is 15.4 Å². The Hall–Kier alpha value is -2.40. The molecule has 0 fully saturated rings. The van der Waals surface area contributed by atoms with Crippen LogP contribution in [-0.2, 0) is 4.79 Å². The maximum absolute atomic E-state index is 12.0. The summed E-state index contributed by atoms with van der Waals surface area (Å²) in [6, 6.07) is 17.5. The van der Waals surface area contributed by atoms with Crippen molar-refractivity contribution in [2.75, 3.05) is 11.9 Å². The van der Waals surface area contributed by atoms with Crippen LogP contribution in [0.1, 0.15) is 38.2 Å². The lowest BCUT2D eigenvalue weighted by Crippen LogP contribution is -2.34. The minimum absolute atomic E-state index is 0.115. The van der Waals surface area contributed by atoms with Crippen molar-refractivity contribution in [3.63, 3.8) is 0 Å². The fourth-order valence-corrected chi connectivity index (χ4v) is 2.62. The van der Waals surface area contributed by atoms with Crippen LogP contribution in [0, 0.1) is 0 Å². The van der Waals surface area contributed by atoms with E-state index in [0.29, 0.717) is 30.5 Å². The predicted molar refractivity (Wildman–Crippen MR) is 106 cm³/mol. The molecule has 0 spiro atoms. The van der Waals surface area contributed by atoms with Gasteiger partial charge in [0.05, 0.1) is 6.61 Å². The number of rotatable bonds is 7. The molecule has 4 nitrogen and oxygen atoms in total. The second-order valence-corrected chi connectivity index (χ2v) is 6.42. The molecule has 2 N–H and O–H groups in total. The Bertz CT molecular complexity index is 702. The second-order valence-electron chi connectivity index (χ2n) is 6.01. The Morgan fingerprint density at radius 1 is 1.08 bits per heavy atom. The average molecular weight is 356 g/mol. The van der Waals surface area contributed by atoms with Crippen LogP contribution < -0.4 is 15.4 Å². The number of hydrogen-bond donors (Lipinski definition) is 2. The van der Waals surface area contributed by atoms with Crippen LogP contribution in [0.2, 0.25) is 0 Å². The summed E-state index contributed by atoms with van der Waals surface area (Å²) in [6.45, 7) is 4.73. The van der Waals surface area contributed by atoms with E-state index in [2.05, 4.69) is 30.5 Å². The van der Waals surface area contributed by atoms with E-state index in [1.54, 1.807) is 0 Å². The van der Waals surface area contributed by atoms with Gasteiger partial charge in [-0.3, -0.25) is 4.79 Å². The van der Waals surface area contributed by atoms with E-state index >= 15 is 0 Å². The maximum Gasteiger partial charge on any atom is 0.226 e. The molecular formula is C20H24N2O2S. The monoisotopic (exact) mass is 356 g/mol. The van der Waals surface area contributed by atoms with Crippen molar-refractivity contribution >= 4 is 28.9 Å². The highest BCUT2D eigenvalue weighted by molar-refractivity contribution is 7.80. The first-order valence-corrected chi connectivity index (χ1v) is 8.84. The number of carbonyl (C=O) groups excluding carboxylic acids is 1. The van der Waals surface area contributed by atoms with E-state index in [4.69, 9.17) is 17.0 Å². The van der Waals surface area contributed by atoms with E-state index in [1.807, 2.05) is 48.5 Å². The summed E-state index contributed by atoms with van der Waals surface area (Å²) >= 11 is 5.24. The lowest BCUT2D eigenvalue weighted by molar-refractivity contribution is -0.119. The van der Waals surface area contributed by atoms with Gasteiger partial charge in [0.2, 0.25) is 5.91 Å². The maximum atomic E-state index is 12.0. The Kier molecular flexibility index (Phi) is 7.41. The van der Waals surface area contributed by atoms with E-state index < -0.39 is 0 Å². The molecule has 0 aliphatic heterocycles. The predicted octanol–water partition coefficient (Wildman–Crippen LogP) is 4.48. The van der Waals surface area contributed by atoms with Gasteiger partial charge in [-0.25, -0.2) is 0 Å². The highest BCUT2D eigenvalue weighted by atomic mass is 32.1. The zero-order chi connectivity index (χ0) is 18.1. The van der Waals surface area contributed by atoms with Gasteiger partial charge in [0.25, 0.3) is 0 Å². The molecule has 0 aromatic heterocycles. The molecule has 0 radical (unpaired) electrons. The summed E-state index contributed by atoms with van der Waals surface area (Å²) in [5, 5.41) is 6.15. The molecule has 1 amide bonds. The van der Waals surface area contributed by atoms with Crippen LogP contribution in [0.4, 0.5) is 5.69 Å². The Balaban J connectivity index is 1.72.